The van der Waals surface area contributed by atoms with Gasteiger partial charge in [0, 0.05) is 24.2 Å². The normalized spacial score (nSPS) is 12.1. The molecule has 0 aliphatic carbocycles. The van der Waals surface area contributed by atoms with E-state index in [1.165, 1.54) is 0 Å². The van der Waals surface area contributed by atoms with E-state index in [1.807, 2.05) is 78.7 Å². The fourth-order valence-electron chi connectivity index (χ4n) is 4.01. The summed E-state index contributed by atoms with van der Waals surface area (Å²) < 4.78 is 0. The first kappa shape index (κ1) is 19.8. The van der Waals surface area contributed by atoms with Crippen molar-refractivity contribution in [2.45, 2.75) is 19.9 Å². The lowest BCUT2D eigenvalue weighted by atomic mass is 9.94. The van der Waals surface area contributed by atoms with Crippen molar-refractivity contribution < 1.29 is 4.79 Å². The van der Waals surface area contributed by atoms with Gasteiger partial charge in [0.05, 0.1) is 17.3 Å². The van der Waals surface area contributed by atoms with Gasteiger partial charge in [0.25, 0.3) is 5.91 Å². The van der Waals surface area contributed by atoms with Crippen molar-refractivity contribution in [2.24, 2.45) is 5.92 Å². The Morgan fingerprint density at radius 1 is 0.900 bits per heavy atom. The van der Waals surface area contributed by atoms with Gasteiger partial charge >= 0.3 is 0 Å². The average molecular weight is 396 g/mol. The number of fused-ring (bicyclic) bond motifs is 1. The summed E-state index contributed by atoms with van der Waals surface area (Å²) in [4.78, 5) is 24.7. The molecule has 4 aromatic rings. The third-order valence-corrected chi connectivity index (χ3v) is 5.39. The largest absolute Gasteiger partial charge is 0.334 e. The van der Waals surface area contributed by atoms with Crippen LogP contribution in [-0.2, 0) is 0 Å². The van der Waals surface area contributed by atoms with Crippen LogP contribution in [0.15, 0.2) is 85.1 Å². The van der Waals surface area contributed by atoms with Gasteiger partial charge in [0.15, 0.2) is 5.65 Å². The topological polar surface area (TPSA) is 46.1 Å². The van der Waals surface area contributed by atoms with Crippen LogP contribution in [0.4, 0.5) is 0 Å². The first-order chi connectivity index (χ1) is 14.6. The summed E-state index contributed by atoms with van der Waals surface area (Å²) in [5.41, 5.74) is 4.04. The van der Waals surface area contributed by atoms with Crippen molar-refractivity contribution in [3.63, 3.8) is 0 Å². The lowest BCUT2D eigenvalue weighted by Gasteiger charge is -2.32. The van der Waals surface area contributed by atoms with Gasteiger partial charge in [0.1, 0.15) is 0 Å². The summed E-state index contributed by atoms with van der Waals surface area (Å²) in [6.45, 7) is 4.28. The van der Waals surface area contributed by atoms with Crippen LogP contribution in [0, 0.1) is 5.92 Å². The summed E-state index contributed by atoms with van der Waals surface area (Å²) in [5, 5.41) is 0.768. The zero-order valence-electron chi connectivity index (χ0n) is 17.5. The van der Waals surface area contributed by atoms with E-state index >= 15 is 0 Å². The molecule has 1 amide bonds. The highest BCUT2D eigenvalue weighted by atomic mass is 16.2. The molecule has 0 aliphatic heterocycles. The minimum atomic E-state index is -0.0323. The first-order valence-electron chi connectivity index (χ1n) is 10.2. The SMILES string of the molecule is CC(C)C(c1ccccc1)N(C)C(=O)c1cc(-c2ccccc2)nc2ncccc12. The van der Waals surface area contributed by atoms with Gasteiger partial charge in [-0.05, 0) is 29.7 Å². The molecule has 4 nitrogen and oxygen atoms in total. The molecule has 2 aromatic heterocycles. The Morgan fingerprint density at radius 2 is 1.57 bits per heavy atom. The number of pyridine rings is 2. The van der Waals surface area contributed by atoms with Gasteiger partial charge in [-0.1, -0.05) is 74.5 Å². The minimum Gasteiger partial charge on any atom is -0.334 e. The Morgan fingerprint density at radius 3 is 2.23 bits per heavy atom. The van der Waals surface area contributed by atoms with Crippen molar-refractivity contribution in [1.82, 2.24) is 14.9 Å². The Hall–Kier alpha value is -3.53. The molecule has 0 saturated heterocycles. The number of hydrogen-bond donors (Lipinski definition) is 0. The lowest BCUT2D eigenvalue weighted by molar-refractivity contribution is 0.0689. The maximum absolute atomic E-state index is 13.7. The fourth-order valence-corrected chi connectivity index (χ4v) is 4.01. The van der Waals surface area contributed by atoms with E-state index in [1.54, 1.807) is 6.20 Å². The molecular weight excluding hydrogens is 370 g/mol. The molecule has 30 heavy (non-hydrogen) atoms. The minimum absolute atomic E-state index is 0.0289. The van der Waals surface area contributed by atoms with E-state index in [4.69, 9.17) is 4.98 Å². The van der Waals surface area contributed by atoms with Crippen LogP contribution in [0.2, 0.25) is 0 Å². The molecule has 0 N–H and O–H groups in total. The van der Waals surface area contributed by atoms with Gasteiger partial charge in [-0.15, -0.1) is 0 Å². The van der Waals surface area contributed by atoms with Crippen LogP contribution < -0.4 is 0 Å². The molecule has 2 aromatic carbocycles. The third kappa shape index (κ3) is 3.81. The van der Waals surface area contributed by atoms with Crippen LogP contribution in [0.5, 0.6) is 0 Å². The zero-order chi connectivity index (χ0) is 21.1. The quantitative estimate of drug-likeness (QED) is 0.431. The standard InChI is InChI=1S/C26H25N3O/c1-18(2)24(20-13-8-5-9-14-20)29(3)26(30)22-17-23(19-11-6-4-7-12-19)28-25-21(22)15-10-16-27-25/h4-18,24H,1-3H3. The smallest absolute Gasteiger partial charge is 0.254 e. The van der Waals surface area contributed by atoms with Crippen molar-refractivity contribution in [3.8, 4) is 11.3 Å². The Labute approximate surface area is 177 Å². The van der Waals surface area contributed by atoms with Crippen LogP contribution in [0.1, 0.15) is 35.8 Å². The molecule has 1 unspecified atom stereocenters. The van der Waals surface area contributed by atoms with Crippen LogP contribution in [0.25, 0.3) is 22.3 Å². The molecule has 0 aliphatic rings. The second-order valence-corrected chi connectivity index (χ2v) is 7.81. The van der Waals surface area contributed by atoms with Crippen molar-refractivity contribution in [3.05, 3.63) is 96.2 Å². The second-order valence-electron chi connectivity index (χ2n) is 7.81. The number of carbonyl (C=O) groups excluding carboxylic acids is 1. The highest BCUT2D eigenvalue weighted by Gasteiger charge is 2.27. The average Bonchev–Trinajstić information content (AvgIpc) is 2.79. The number of rotatable bonds is 5. The molecule has 150 valence electrons. The summed E-state index contributed by atoms with van der Waals surface area (Å²) in [6, 6.07) is 25.7. The lowest BCUT2D eigenvalue weighted by Crippen LogP contribution is -2.34. The number of carbonyl (C=O) groups is 1. The molecule has 0 bridgehead atoms. The molecule has 4 rings (SSSR count). The van der Waals surface area contributed by atoms with Crippen molar-refractivity contribution in [2.75, 3.05) is 7.05 Å². The van der Waals surface area contributed by atoms with E-state index < -0.39 is 0 Å². The van der Waals surface area contributed by atoms with Crippen LogP contribution >= 0.6 is 0 Å². The Kier molecular flexibility index (Phi) is 5.57. The summed E-state index contributed by atoms with van der Waals surface area (Å²) in [5.74, 6) is 0.233. The van der Waals surface area contributed by atoms with Crippen LogP contribution in [0.3, 0.4) is 0 Å². The Balaban J connectivity index is 1.82. The summed E-state index contributed by atoms with van der Waals surface area (Å²) in [6.07, 6.45) is 1.71. The van der Waals surface area contributed by atoms with Gasteiger partial charge < -0.3 is 4.90 Å². The van der Waals surface area contributed by atoms with E-state index in [0.717, 1.165) is 22.2 Å². The molecule has 0 radical (unpaired) electrons. The first-order valence-corrected chi connectivity index (χ1v) is 10.2. The fraction of sp³-hybridized carbons (Fsp3) is 0.192. The third-order valence-electron chi connectivity index (χ3n) is 5.39. The molecular formula is C26H25N3O. The summed E-state index contributed by atoms with van der Waals surface area (Å²) >= 11 is 0. The number of amides is 1. The van der Waals surface area contributed by atoms with Gasteiger partial charge in [-0.3, -0.25) is 4.79 Å². The van der Waals surface area contributed by atoms with E-state index in [9.17, 15) is 4.79 Å². The predicted octanol–water partition coefficient (Wildman–Crippen LogP) is 5.77. The van der Waals surface area contributed by atoms with E-state index in [-0.39, 0.29) is 17.9 Å². The molecule has 0 saturated carbocycles. The second kappa shape index (κ2) is 8.46. The molecule has 0 spiro atoms. The van der Waals surface area contributed by atoms with Gasteiger partial charge in [-0.2, -0.15) is 0 Å². The highest BCUT2D eigenvalue weighted by molar-refractivity contribution is 6.06. The van der Waals surface area contributed by atoms with E-state index in [0.29, 0.717) is 11.2 Å². The van der Waals surface area contributed by atoms with Crippen molar-refractivity contribution in [1.29, 1.82) is 0 Å². The molecule has 4 heteroatoms. The number of nitrogens with zero attached hydrogens (tertiary/aromatic N) is 3. The van der Waals surface area contributed by atoms with Crippen molar-refractivity contribution >= 4 is 16.9 Å². The maximum Gasteiger partial charge on any atom is 0.254 e. The Bertz CT molecular complexity index is 1160. The molecule has 0 fully saturated rings. The predicted molar refractivity (Wildman–Crippen MR) is 121 cm³/mol. The number of benzene rings is 2. The zero-order valence-corrected chi connectivity index (χ0v) is 17.5. The molecule has 1 atom stereocenters. The molecule has 2 heterocycles. The summed E-state index contributed by atoms with van der Waals surface area (Å²) in [7, 11) is 1.88. The van der Waals surface area contributed by atoms with Crippen LogP contribution in [-0.4, -0.2) is 27.8 Å². The van der Waals surface area contributed by atoms with Gasteiger partial charge in [0.2, 0.25) is 0 Å². The monoisotopic (exact) mass is 395 g/mol. The number of aromatic nitrogens is 2. The number of hydrogen-bond acceptors (Lipinski definition) is 3. The highest BCUT2D eigenvalue weighted by Crippen LogP contribution is 2.31. The maximum atomic E-state index is 13.7. The van der Waals surface area contributed by atoms with E-state index in [2.05, 4.69) is 31.0 Å². The van der Waals surface area contributed by atoms with Gasteiger partial charge in [-0.25, -0.2) is 9.97 Å².